The normalized spacial score (nSPS) is 20.4. The third-order valence-corrected chi connectivity index (χ3v) is 7.43. The summed E-state index contributed by atoms with van der Waals surface area (Å²) in [5.74, 6) is -0.309. The second-order valence-corrected chi connectivity index (χ2v) is 10.4. The first kappa shape index (κ1) is 25.5. The number of pyridine rings is 3. The summed E-state index contributed by atoms with van der Waals surface area (Å²) >= 11 is 0. The molecule has 1 amide bonds. The zero-order valence-electron chi connectivity index (χ0n) is 21.6. The quantitative estimate of drug-likeness (QED) is 0.397. The van der Waals surface area contributed by atoms with Crippen molar-refractivity contribution in [3.8, 4) is 11.4 Å². The van der Waals surface area contributed by atoms with Crippen LogP contribution in [-0.4, -0.2) is 45.8 Å². The van der Waals surface area contributed by atoms with Gasteiger partial charge in [0.05, 0.1) is 48.1 Å². The molecule has 0 unspecified atom stereocenters. The molecule has 8 nitrogen and oxygen atoms in total. The number of aliphatic hydroxyl groups is 1. The van der Waals surface area contributed by atoms with Gasteiger partial charge < -0.3 is 19.9 Å². The van der Waals surface area contributed by atoms with Crippen molar-refractivity contribution >= 4 is 16.8 Å². The molecule has 0 aliphatic carbocycles. The number of ether oxygens (including phenoxy) is 2. The number of benzene rings is 1. The van der Waals surface area contributed by atoms with Crippen molar-refractivity contribution in [1.29, 1.82) is 0 Å². The van der Waals surface area contributed by atoms with Gasteiger partial charge in [-0.15, -0.1) is 0 Å². The van der Waals surface area contributed by atoms with Crippen LogP contribution in [0.15, 0.2) is 60.8 Å². The summed E-state index contributed by atoms with van der Waals surface area (Å²) in [5.41, 5.74) is 2.30. The number of amides is 1. The number of rotatable bonds is 5. The SMILES string of the molecule is C[C@@]1(F)COCc2ccc(C(=O)NCc3cc4nc(-c5cccc(C6(O)CCOCC6)n5)ccc4cn3)cc21. The monoisotopic (exact) mass is 528 g/mol. The van der Waals surface area contributed by atoms with Crippen molar-refractivity contribution in [1.82, 2.24) is 20.3 Å². The summed E-state index contributed by atoms with van der Waals surface area (Å²) in [6.45, 7) is 2.96. The molecule has 39 heavy (non-hydrogen) atoms. The molecule has 9 heteroatoms. The zero-order chi connectivity index (χ0) is 27.0. The van der Waals surface area contributed by atoms with Crippen molar-refractivity contribution in [2.24, 2.45) is 0 Å². The third-order valence-electron chi connectivity index (χ3n) is 7.43. The number of carbonyl (C=O) groups is 1. The Morgan fingerprint density at radius 2 is 1.87 bits per heavy atom. The van der Waals surface area contributed by atoms with Crippen molar-refractivity contribution in [2.45, 2.75) is 44.2 Å². The van der Waals surface area contributed by atoms with Crippen molar-refractivity contribution < 1.29 is 23.8 Å². The van der Waals surface area contributed by atoms with Gasteiger partial charge in [0, 0.05) is 43.2 Å². The summed E-state index contributed by atoms with van der Waals surface area (Å²) in [4.78, 5) is 26.8. The predicted octanol–water partition coefficient (Wildman–Crippen LogP) is 4.33. The van der Waals surface area contributed by atoms with Crippen molar-refractivity contribution in [3.05, 3.63) is 88.9 Å². The molecule has 1 atom stereocenters. The van der Waals surface area contributed by atoms with Gasteiger partial charge in [-0.3, -0.25) is 9.78 Å². The molecule has 2 N–H and O–H groups in total. The lowest BCUT2D eigenvalue weighted by Crippen LogP contribution is -2.34. The zero-order valence-corrected chi connectivity index (χ0v) is 21.6. The molecule has 0 radical (unpaired) electrons. The molecule has 1 fully saturated rings. The lowest BCUT2D eigenvalue weighted by molar-refractivity contribution is -0.0704. The van der Waals surface area contributed by atoms with E-state index in [1.54, 1.807) is 24.4 Å². The Kier molecular flexibility index (Phi) is 6.58. The fourth-order valence-corrected chi connectivity index (χ4v) is 5.13. The van der Waals surface area contributed by atoms with Gasteiger partial charge >= 0.3 is 0 Å². The first-order valence-corrected chi connectivity index (χ1v) is 13.0. The van der Waals surface area contributed by atoms with Crippen LogP contribution in [0.25, 0.3) is 22.3 Å². The molecule has 3 aromatic heterocycles. The average Bonchev–Trinajstić information content (AvgIpc) is 2.96. The maximum absolute atomic E-state index is 14.9. The third kappa shape index (κ3) is 5.13. The van der Waals surface area contributed by atoms with Gasteiger partial charge in [-0.05, 0) is 60.5 Å². The van der Waals surface area contributed by atoms with Crippen LogP contribution >= 0.6 is 0 Å². The second-order valence-electron chi connectivity index (χ2n) is 10.4. The van der Waals surface area contributed by atoms with Gasteiger partial charge in [0.1, 0.15) is 5.60 Å². The Bertz CT molecular complexity index is 1550. The molecule has 200 valence electrons. The van der Waals surface area contributed by atoms with Gasteiger partial charge in [0.25, 0.3) is 5.91 Å². The molecular weight excluding hydrogens is 499 g/mol. The smallest absolute Gasteiger partial charge is 0.251 e. The number of hydrogen-bond acceptors (Lipinski definition) is 7. The first-order valence-electron chi connectivity index (χ1n) is 13.0. The number of nitrogens with one attached hydrogen (secondary N) is 1. The molecule has 6 rings (SSSR count). The molecule has 0 spiro atoms. The van der Waals surface area contributed by atoms with E-state index >= 15 is 0 Å². The van der Waals surface area contributed by atoms with E-state index in [0.29, 0.717) is 72.1 Å². The van der Waals surface area contributed by atoms with Crippen molar-refractivity contribution in [2.75, 3.05) is 19.8 Å². The van der Waals surface area contributed by atoms with E-state index in [2.05, 4.69) is 10.3 Å². The van der Waals surface area contributed by atoms with Crippen molar-refractivity contribution in [3.63, 3.8) is 0 Å². The number of halogens is 1. The number of hydrogen-bond donors (Lipinski definition) is 2. The van der Waals surface area contributed by atoms with E-state index in [1.807, 2.05) is 36.4 Å². The van der Waals surface area contributed by atoms with Crippen LogP contribution in [0, 0.1) is 0 Å². The van der Waals surface area contributed by atoms with Crippen LogP contribution < -0.4 is 5.32 Å². The highest BCUT2D eigenvalue weighted by Gasteiger charge is 2.34. The maximum Gasteiger partial charge on any atom is 0.251 e. The standard InChI is InChI=1S/C30H29FN4O4/c1-29(31)18-39-17-21-6-5-19(13-23(21)29)28(36)33-16-22-14-26-20(15-32-22)7-8-25(34-26)24-3-2-4-27(35-24)30(37)9-11-38-12-10-30/h2-8,13-15,37H,9-12,16-18H2,1H3,(H,33,36)/t29-/m1/s1. The van der Waals surface area contributed by atoms with Gasteiger partial charge in [-0.25, -0.2) is 14.4 Å². The number of carbonyl (C=O) groups excluding carboxylic acids is 1. The Morgan fingerprint density at radius 1 is 1.05 bits per heavy atom. The largest absolute Gasteiger partial charge is 0.383 e. The number of nitrogens with zero attached hydrogens (tertiary/aromatic N) is 3. The Labute approximate surface area is 225 Å². The summed E-state index contributed by atoms with van der Waals surface area (Å²) < 4.78 is 25.6. The molecular formula is C30H29FN4O4. The fraction of sp³-hybridized carbons (Fsp3) is 0.333. The predicted molar refractivity (Wildman–Crippen MR) is 142 cm³/mol. The maximum atomic E-state index is 14.9. The number of alkyl halides is 1. The van der Waals surface area contributed by atoms with E-state index in [9.17, 15) is 14.3 Å². The van der Waals surface area contributed by atoms with Gasteiger partial charge in [-0.1, -0.05) is 12.1 Å². The summed E-state index contributed by atoms with van der Waals surface area (Å²) in [6.07, 6.45) is 2.72. The lowest BCUT2D eigenvalue weighted by Gasteiger charge is -2.31. The van der Waals surface area contributed by atoms with Crippen LogP contribution in [0.1, 0.15) is 52.6 Å². The van der Waals surface area contributed by atoms with E-state index in [-0.39, 0.29) is 19.1 Å². The summed E-state index contributed by atoms with van der Waals surface area (Å²) in [7, 11) is 0. The highest BCUT2D eigenvalue weighted by molar-refractivity contribution is 5.94. The second kappa shape index (κ2) is 10.1. The van der Waals surface area contributed by atoms with Crippen LogP contribution in [0.3, 0.4) is 0 Å². The molecule has 0 bridgehead atoms. The molecule has 1 saturated heterocycles. The molecule has 1 aromatic carbocycles. The molecule has 4 aromatic rings. The van der Waals surface area contributed by atoms with E-state index in [4.69, 9.17) is 19.4 Å². The van der Waals surface area contributed by atoms with E-state index in [0.717, 1.165) is 10.9 Å². The Morgan fingerprint density at radius 3 is 2.72 bits per heavy atom. The minimum absolute atomic E-state index is 0.0310. The minimum atomic E-state index is -1.63. The fourth-order valence-electron chi connectivity index (χ4n) is 5.13. The highest BCUT2D eigenvalue weighted by Crippen LogP contribution is 2.34. The molecule has 2 aliphatic rings. The minimum Gasteiger partial charge on any atom is -0.383 e. The van der Waals surface area contributed by atoms with Crippen LogP contribution in [0.4, 0.5) is 4.39 Å². The molecule has 2 aliphatic heterocycles. The Hall–Kier alpha value is -3.79. The van der Waals surface area contributed by atoms with Crippen LogP contribution in [0.5, 0.6) is 0 Å². The first-order chi connectivity index (χ1) is 18.8. The topological polar surface area (TPSA) is 106 Å². The number of aromatic nitrogens is 3. The summed E-state index contributed by atoms with van der Waals surface area (Å²) in [6, 6.07) is 16.2. The van der Waals surface area contributed by atoms with Crippen LogP contribution in [-0.2, 0) is 33.9 Å². The lowest BCUT2D eigenvalue weighted by atomic mass is 9.90. The van der Waals surface area contributed by atoms with E-state index in [1.165, 1.54) is 6.92 Å². The summed E-state index contributed by atoms with van der Waals surface area (Å²) in [5, 5.41) is 14.8. The van der Waals surface area contributed by atoms with Gasteiger partial charge in [0.15, 0.2) is 5.67 Å². The highest BCUT2D eigenvalue weighted by atomic mass is 19.1. The Balaban J connectivity index is 1.20. The van der Waals surface area contributed by atoms with Gasteiger partial charge in [0.2, 0.25) is 0 Å². The van der Waals surface area contributed by atoms with Gasteiger partial charge in [-0.2, -0.15) is 0 Å². The number of fused-ring (bicyclic) bond motifs is 2. The van der Waals surface area contributed by atoms with Crippen LogP contribution in [0.2, 0.25) is 0 Å². The van der Waals surface area contributed by atoms with E-state index < -0.39 is 11.3 Å². The molecule has 5 heterocycles. The average molecular weight is 529 g/mol. The molecule has 0 saturated carbocycles.